The number of alkyl halides is 3. The van der Waals surface area contributed by atoms with Crippen molar-refractivity contribution in [2.45, 2.75) is 97.3 Å². The summed E-state index contributed by atoms with van der Waals surface area (Å²) in [6.45, 7) is 6.54. The van der Waals surface area contributed by atoms with Gasteiger partial charge in [0.1, 0.15) is 12.0 Å². The van der Waals surface area contributed by atoms with E-state index in [-0.39, 0.29) is 30.6 Å². The standard InChI is InChI=1S/C25H38F3NO5/c1-4-8-18-20(10-9-17-19(25(26,27)28)14-22(32)34-23(17)18)33-13-7-6-12-29-21(31)15-24(3,16-30)11-5-2/h16-17,19-20H,4-15H2,1-3H3,(H,29,31). The molecule has 4 unspecified atom stereocenters. The summed E-state index contributed by atoms with van der Waals surface area (Å²) in [4.78, 5) is 35.3. The summed E-state index contributed by atoms with van der Waals surface area (Å²) < 4.78 is 51.9. The molecule has 1 amide bonds. The van der Waals surface area contributed by atoms with Crippen LogP contribution in [-0.4, -0.2) is 43.6 Å². The summed E-state index contributed by atoms with van der Waals surface area (Å²) in [7, 11) is 0. The number of hydrogen-bond acceptors (Lipinski definition) is 5. The molecule has 2 rings (SSSR count). The molecular formula is C25H38F3NO5. The normalized spacial score (nSPS) is 24.8. The van der Waals surface area contributed by atoms with E-state index in [4.69, 9.17) is 9.47 Å². The molecule has 0 bridgehead atoms. The van der Waals surface area contributed by atoms with E-state index in [9.17, 15) is 27.6 Å². The van der Waals surface area contributed by atoms with Crippen molar-refractivity contribution < 1.29 is 37.0 Å². The highest BCUT2D eigenvalue weighted by Crippen LogP contribution is 2.48. The molecule has 1 fully saturated rings. The molecule has 9 heteroatoms. The Labute approximate surface area is 200 Å². The van der Waals surface area contributed by atoms with E-state index < -0.39 is 35.8 Å². The first kappa shape index (κ1) is 28.3. The molecule has 6 nitrogen and oxygen atoms in total. The molecule has 1 N–H and O–H groups in total. The second kappa shape index (κ2) is 12.7. The summed E-state index contributed by atoms with van der Waals surface area (Å²) in [6, 6.07) is 0. The number of hydrogen-bond donors (Lipinski definition) is 1. The van der Waals surface area contributed by atoms with Gasteiger partial charge in [-0.05, 0) is 44.1 Å². The van der Waals surface area contributed by atoms with Gasteiger partial charge in [0.15, 0.2) is 0 Å². The lowest BCUT2D eigenvalue weighted by molar-refractivity contribution is -0.207. The zero-order chi connectivity index (χ0) is 25.4. The number of carbonyl (C=O) groups is 3. The monoisotopic (exact) mass is 489 g/mol. The van der Waals surface area contributed by atoms with Gasteiger partial charge in [-0.15, -0.1) is 0 Å². The number of allylic oxidation sites excluding steroid dienone is 1. The highest BCUT2D eigenvalue weighted by Gasteiger charge is 2.52. The summed E-state index contributed by atoms with van der Waals surface area (Å²) in [5.41, 5.74) is 0.0379. The molecular weight excluding hydrogens is 451 g/mol. The molecule has 34 heavy (non-hydrogen) atoms. The van der Waals surface area contributed by atoms with Crippen molar-refractivity contribution in [2.75, 3.05) is 13.2 Å². The minimum Gasteiger partial charge on any atom is -0.431 e. The maximum atomic E-state index is 13.5. The number of carbonyl (C=O) groups excluding carboxylic acids is 3. The smallest absolute Gasteiger partial charge is 0.393 e. The fourth-order valence-corrected chi connectivity index (χ4v) is 5.00. The maximum Gasteiger partial charge on any atom is 0.393 e. The van der Waals surface area contributed by atoms with Crippen LogP contribution >= 0.6 is 0 Å². The van der Waals surface area contributed by atoms with E-state index in [0.717, 1.165) is 12.7 Å². The first-order valence-corrected chi connectivity index (χ1v) is 12.4. The summed E-state index contributed by atoms with van der Waals surface area (Å²) in [6.07, 6.45) is 0.393. The van der Waals surface area contributed by atoms with Crippen LogP contribution in [0.5, 0.6) is 0 Å². The molecule has 1 heterocycles. The minimum absolute atomic E-state index is 0.157. The van der Waals surface area contributed by atoms with Crippen LogP contribution in [0.1, 0.15) is 85.0 Å². The second-order valence-electron chi connectivity index (χ2n) is 9.76. The van der Waals surface area contributed by atoms with Crippen LogP contribution in [-0.2, 0) is 23.9 Å². The third-order valence-corrected chi connectivity index (χ3v) is 6.70. The van der Waals surface area contributed by atoms with Crippen molar-refractivity contribution in [2.24, 2.45) is 17.3 Å². The zero-order valence-electron chi connectivity index (χ0n) is 20.5. The van der Waals surface area contributed by atoms with Gasteiger partial charge in [0.2, 0.25) is 5.91 Å². The minimum atomic E-state index is -4.44. The first-order chi connectivity index (χ1) is 16.0. The molecule has 0 radical (unpaired) electrons. The van der Waals surface area contributed by atoms with E-state index in [0.29, 0.717) is 57.2 Å². The molecule has 1 aliphatic heterocycles. The summed E-state index contributed by atoms with van der Waals surface area (Å²) in [5, 5.41) is 2.83. The predicted molar refractivity (Wildman–Crippen MR) is 121 cm³/mol. The van der Waals surface area contributed by atoms with E-state index in [1.54, 1.807) is 6.92 Å². The van der Waals surface area contributed by atoms with Gasteiger partial charge in [0.25, 0.3) is 0 Å². The lowest BCUT2D eigenvalue weighted by atomic mass is 9.75. The lowest BCUT2D eigenvalue weighted by Gasteiger charge is -2.40. The van der Waals surface area contributed by atoms with E-state index in [2.05, 4.69) is 5.32 Å². The number of nitrogens with one attached hydrogen (secondary N) is 1. The van der Waals surface area contributed by atoms with Gasteiger partial charge in [-0.2, -0.15) is 13.2 Å². The quantitative estimate of drug-likeness (QED) is 0.217. The van der Waals surface area contributed by atoms with Crippen LogP contribution in [0.3, 0.4) is 0 Å². The molecule has 4 atom stereocenters. The lowest BCUT2D eigenvalue weighted by Crippen LogP contribution is -2.42. The van der Waals surface area contributed by atoms with E-state index >= 15 is 0 Å². The van der Waals surface area contributed by atoms with Crippen LogP contribution in [0.15, 0.2) is 11.3 Å². The van der Waals surface area contributed by atoms with Gasteiger partial charge in [-0.3, -0.25) is 9.59 Å². The van der Waals surface area contributed by atoms with E-state index in [1.165, 1.54) is 0 Å². The van der Waals surface area contributed by atoms with Gasteiger partial charge in [-0.25, -0.2) is 0 Å². The molecule has 1 aliphatic carbocycles. The van der Waals surface area contributed by atoms with Gasteiger partial charge >= 0.3 is 12.1 Å². The van der Waals surface area contributed by atoms with Crippen molar-refractivity contribution in [1.29, 1.82) is 0 Å². The van der Waals surface area contributed by atoms with Gasteiger partial charge < -0.3 is 19.6 Å². The van der Waals surface area contributed by atoms with Crippen molar-refractivity contribution in [3.63, 3.8) is 0 Å². The average molecular weight is 490 g/mol. The fraction of sp³-hybridized carbons (Fsp3) is 0.800. The maximum absolute atomic E-state index is 13.5. The van der Waals surface area contributed by atoms with Gasteiger partial charge in [-0.1, -0.05) is 33.6 Å². The second-order valence-corrected chi connectivity index (χ2v) is 9.76. The number of esters is 1. The van der Waals surface area contributed by atoms with Crippen LogP contribution in [0.2, 0.25) is 0 Å². The number of aldehydes is 1. The highest BCUT2D eigenvalue weighted by atomic mass is 19.4. The van der Waals surface area contributed by atoms with Crippen LogP contribution in [0, 0.1) is 17.3 Å². The Morgan fingerprint density at radius 3 is 2.56 bits per heavy atom. The zero-order valence-corrected chi connectivity index (χ0v) is 20.5. The topological polar surface area (TPSA) is 81.7 Å². The number of amides is 1. The highest BCUT2D eigenvalue weighted by molar-refractivity contribution is 5.80. The third-order valence-electron chi connectivity index (χ3n) is 6.70. The van der Waals surface area contributed by atoms with Crippen molar-refractivity contribution >= 4 is 18.2 Å². The predicted octanol–water partition coefficient (Wildman–Crippen LogP) is 5.25. The Morgan fingerprint density at radius 2 is 1.94 bits per heavy atom. The Kier molecular flexibility index (Phi) is 10.6. The Bertz CT molecular complexity index is 751. The molecule has 194 valence electrons. The van der Waals surface area contributed by atoms with Crippen LogP contribution in [0.4, 0.5) is 13.2 Å². The van der Waals surface area contributed by atoms with Crippen LogP contribution in [0.25, 0.3) is 0 Å². The Balaban J connectivity index is 1.86. The molecule has 0 saturated carbocycles. The van der Waals surface area contributed by atoms with Crippen molar-refractivity contribution in [3.05, 3.63) is 11.3 Å². The number of unbranched alkanes of at least 4 members (excludes halogenated alkanes) is 1. The molecule has 0 aromatic heterocycles. The number of ether oxygens (including phenoxy) is 2. The molecule has 0 spiro atoms. The average Bonchev–Trinajstić information content (AvgIpc) is 2.76. The van der Waals surface area contributed by atoms with Crippen molar-refractivity contribution in [1.82, 2.24) is 5.32 Å². The van der Waals surface area contributed by atoms with E-state index in [1.807, 2.05) is 13.8 Å². The third kappa shape index (κ3) is 7.82. The molecule has 2 aliphatic rings. The largest absolute Gasteiger partial charge is 0.431 e. The molecule has 0 aromatic rings. The molecule has 0 aromatic carbocycles. The Hall–Kier alpha value is -1.90. The number of halogens is 3. The Morgan fingerprint density at radius 1 is 1.21 bits per heavy atom. The van der Waals surface area contributed by atoms with Gasteiger partial charge in [0.05, 0.1) is 18.4 Å². The fourth-order valence-electron chi connectivity index (χ4n) is 5.00. The summed E-state index contributed by atoms with van der Waals surface area (Å²) >= 11 is 0. The summed E-state index contributed by atoms with van der Waals surface area (Å²) in [5.74, 6) is -3.33. The van der Waals surface area contributed by atoms with Crippen molar-refractivity contribution in [3.8, 4) is 0 Å². The molecule has 1 saturated heterocycles. The van der Waals surface area contributed by atoms with Gasteiger partial charge in [0, 0.05) is 30.9 Å². The van der Waals surface area contributed by atoms with Crippen LogP contribution < -0.4 is 5.32 Å². The SMILES string of the molecule is CCCC1=C2OC(=O)CC(C(F)(F)F)C2CCC1OCCCCNC(=O)CC(C)(C=O)CCC. The number of rotatable bonds is 13. The first-order valence-electron chi connectivity index (χ1n) is 12.4. The number of fused-ring (bicyclic) bond motifs is 1.